The summed E-state index contributed by atoms with van der Waals surface area (Å²) < 4.78 is 25.7. The van der Waals surface area contributed by atoms with Gasteiger partial charge in [0.1, 0.15) is 0 Å². The minimum atomic E-state index is -3.35. The van der Waals surface area contributed by atoms with Gasteiger partial charge in [-0.3, -0.25) is 9.52 Å². The molecule has 19 heavy (non-hydrogen) atoms. The fraction of sp³-hybridized carbons (Fsp3) is 0.417. The summed E-state index contributed by atoms with van der Waals surface area (Å²) in [6.45, 7) is 0. The summed E-state index contributed by atoms with van der Waals surface area (Å²) in [4.78, 5) is 11.2. The van der Waals surface area contributed by atoms with Crippen LogP contribution in [0, 0.1) is 0 Å². The largest absolute Gasteiger partial charge is 0.359 e. The lowest BCUT2D eigenvalue weighted by Crippen LogP contribution is -2.20. The molecule has 1 aromatic rings. The smallest absolute Gasteiger partial charge is 0.232 e. The first-order valence-electron chi connectivity index (χ1n) is 5.83. The van der Waals surface area contributed by atoms with E-state index >= 15 is 0 Å². The molecule has 1 aromatic carbocycles. The Hall–Kier alpha value is -1.27. The van der Waals surface area contributed by atoms with Crippen LogP contribution in [0.2, 0.25) is 0 Å². The van der Waals surface area contributed by atoms with Gasteiger partial charge in [-0.1, -0.05) is 12.1 Å². The van der Waals surface area contributed by atoms with E-state index in [1.165, 1.54) is 0 Å². The molecule has 0 aromatic heterocycles. The molecular formula is C12H17ClN2O3S. The van der Waals surface area contributed by atoms with Crippen molar-refractivity contribution in [1.29, 1.82) is 0 Å². The number of halogens is 1. The van der Waals surface area contributed by atoms with Gasteiger partial charge in [-0.15, -0.1) is 11.6 Å². The number of alkyl halides is 1. The molecule has 0 bridgehead atoms. The molecule has 0 aliphatic carbocycles. The van der Waals surface area contributed by atoms with E-state index in [9.17, 15) is 13.2 Å². The molecule has 106 valence electrons. The Kier molecular flexibility index (Phi) is 6.11. The first kappa shape index (κ1) is 15.8. The van der Waals surface area contributed by atoms with Gasteiger partial charge in [0.25, 0.3) is 0 Å². The quantitative estimate of drug-likeness (QED) is 0.747. The summed E-state index contributed by atoms with van der Waals surface area (Å²) in [5, 5.41) is 2.53. The van der Waals surface area contributed by atoms with E-state index in [1.807, 2.05) is 0 Å². The van der Waals surface area contributed by atoms with Crippen LogP contribution in [-0.4, -0.2) is 33.0 Å². The average molecular weight is 305 g/mol. The molecule has 1 amide bonds. The van der Waals surface area contributed by atoms with Crippen LogP contribution in [0.15, 0.2) is 24.3 Å². The highest BCUT2D eigenvalue weighted by Crippen LogP contribution is 2.12. The zero-order valence-corrected chi connectivity index (χ0v) is 12.2. The highest BCUT2D eigenvalue weighted by Gasteiger charge is 2.09. The summed E-state index contributed by atoms with van der Waals surface area (Å²) in [5.41, 5.74) is 1.30. The van der Waals surface area contributed by atoms with Crippen molar-refractivity contribution in [3.8, 4) is 0 Å². The second-order valence-electron chi connectivity index (χ2n) is 4.01. The minimum Gasteiger partial charge on any atom is -0.359 e. The van der Waals surface area contributed by atoms with Crippen molar-refractivity contribution in [3.05, 3.63) is 29.8 Å². The Bertz CT molecular complexity index is 514. The number of carbonyl (C=O) groups excluding carboxylic acids is 1. The normalized spacial score (nSPS) is 11.1. The minimum absolute atomic E-state index is 0.00348. The number of hydrogen-bond acceptors (Lipinski definition) is 3. The van der Waals surface area contributed by atoms with E-state index in [2.05, 4.69) is 10.0 Å². The van der Waals surface area contributed by atoms with Crippen LogP contribution in [-0.2, 0) is 21.2 Å². The number of hydrogen-bond donors (Lipinski definition) is 2. The molecular weight excluding hydrogens is 288 g/mol. The molecule has 0 spiro atoms. The average Bonchev–Trinajstić information content (AvgIpc) is 2.38. The van der Waals surface area contributed by atoms with E-state index < -0.39 is 10.0 Å². The molecule has 5 nitrogen and oxygen atoms in total. The molecule has 0 heterocycles. The Morgan fingerprint density at radius 1 is 1.26 bits per heavy atom. The standard InChI is InChI=1S/C12H17ClN2O3S/c1-14-12(16)9-10-3-5-11(6-4-10)15-19(17,18)8-2-7-13/h3-6,15H,2,7-9H2,1H3,(H,14,16). The van der Waals surface area contributed by atoms with Gasteiger partial charge in [-0.2, -0.15) is 0 Å². The zero-order chi connectivity index (χ0) is 14.3. The Morgan fingerprint density at radius 2 is 1.89 bits per heavy atom. The van der Waals surface area contributed by atoms with Gasteiger partial charge < -0.3 is 5.32 Å². The third-order valence-electron chi connectivity index (χ3n) is 2.42. The van der Waals surface area contributed by atoms with Gasteiger partial charge in [0, 0.05) is 18.6 Å². The summed E-state index contributed by atoms with van der Waals surface area (Å²) in [6.07, 6.45) is 0.682. The van der Waals surface area contributed by atoms with E-state index in [0.29, 0.717) is 18.0 Å². The topological polar surface area (TPSA) is 75.3 Å². The van der Waals surface area contributed by atoms with Crippen LogP contribution < -0.4 is 10.0 Å². The van der Waals surface area contributed by atoms with Crippen molar-refractivity contribution < 1.29 is 13.2 Å². The number of sulfonamides is 1. The van der Waals surface area contributed by atoms with Crippen LogP contribution in [0.1, 0.15) is 12.0 Å². The van der Waals surface area contributed by atoms with Crippen molar-refractivity contribution in [2.24, 2.45) is 0 Å². The number of rotatable bonds is 7. The Morgan fingerprint density at radius 3 is 2.42 bits per heavy atom. The Labute approximate surface area is 118 Å². The molecule has 0 atom stereocenters. The first-order valence-corrected chi connectivity index (χ1v) is 8.01. The maximum Gasteiger partial charge on any atom is 0.232 e. The summed E-state index contributed by atoms with van der Waals surface area (Å²) in [6, 6.07) is 6.70. The lowest BCUT2D eigenvalue weighted by atomic mass is 10.1. The number of carbonyl (C=O) groups is 1. The van der Waals surface area contributed by atoms with Gasteiger partial charge in [-0.05, 0) is 24.1 Å². The number of benzene rings is 1. The van der Waals surface area contributed by atoms with Gasteiger partial charge >= 0.3 is 0 Å². The monoisotopic (exact) mass is 304 g/mol. The lowest BCUT2D eigenvalue weighted by Gasteiger charge is -2.08. The fourth-order valence-electron chi connectivity index (χ4n) is 1.44. The third kappa shape index (κ3) is 5.94. The molecule has 0 radical (unpaired) electrons. The highest BCUT2D eigenvalue weighted by molar-refractivity contribution is 7.92. The molecule has 2 N–H and O–H groups in total. The number of anilines is 1. The van der Waals surface area contributed by atoms with Crippen molar-refractivity contribution in [2.75, 3.05) is 23.4 Å². The van der Waals surface area contributed by atoms with E-state index in [4.69, 9.17) is 11.6 Å². The van der Waals surface area contributed by atoms with Crippen LogP contribution in [0.3, 0.4) is 0 Å². The number of amides is 1. The molecule has 7 heteroatoms. The number of likely N-dealkylation sites (N-methyl/N-ethyl adjacent to an activating group) is 1. The van der Waals surface area contributed by atoms with Gasteiger partial charge in [-0.25, -0.2) is 8.42 Å². The Balaban J connectivity index is 2.64. The maximum atomic E-state index is 11.6. The van der Waals surface area contributed by atoms with E-state index in [1.54, 1.807) is 31.3 Å². The van der Waals surface area contributed by atoms with Gasteiger partial charge in [0.15, 0.2) is 0 Å². The maximum absolute atomic E-state index is 11.6. The second kappa shape index (κ2) is 7.35. The molecule has 0 saturated carbocycles. The van der Waals surface area contributed by atoms with Crippen molar-refractivity contribution in [1.82, 2.24) is 5.32 Å². The summed E-state index contributed by atoms with van der Waals surface area (Å²) in [7, 11) is -1.78. The number of nitrogens with one attached hydrogen (secondary N) is 2. The third-order valence-corrected chi connectivity index (χ3v) is 4.06. The van der Waals surface area contributed by atoms with Crippen LogP contribution in [0.5, 0.6) is 0 Å². The first-order chi connectivity index (χ1) is 8.96. The molecule has 0 fully saturated rings. The SMILES string of the molecule is CNC(=O)Cc1ccc(NS(=O)(=O)CCCCl)cc1. The van der Waals surface area contributed by atoms with Gasteiger partial charge in [0.2, 0.25) is 15.9 Å². The van der Waals surface area contributed by atoms with Gasteiger partial charge in [0.05, 0.1) is 12.2 Å². The van der Waals surface area contributed by atoms with Crippen molar-refractivity contribution in [3.63, 3.8) is 0 Å². The van der Waals surface area contributed by atoms with Crippen molar-refractivity contribution in [2.45, 2.75) is 12.8 Å². The molecule has 1 rings (SSSR count). The van der Waals surface area contributed by atoms with E-state index in [0.717, 1.165) is 5.56 Å². The lowest BCUT2D eigenvalue weighted by molar-refractivity contribution is -0.119. The van der Waals surface area contributed by atoms with Crippen LogP contribution >= 0.6 is 11.6 Å². The molecule has 0 aliphatic heterocycles. The molecule has 0 unspecified atom stereocenters. The van der Waals surface area contributed by atoms with Crippen LogP contribution in [0.4, 0.5) is 5.69 Å². The predicted molar refractivity (Wildman–Crippen MR) is 77.0 cm³/mol. The summed E-state index contributed by atoms with van der Waals surface area (Å²) in [5.74, 6) is 0.220. The second-order valence-corrected chi connectivity index (χ2v) is 6.23. The van der Waals surface area contributed by atoms with E-state index in [-0.39, 0.29) is 18.1 Å². The van der Waals surface area contributed by atoms with Crippen LogP contribution in [0.25, 0.3) is 0 Å². The molecule has 0 saturated heterocycles. The van der Waals surface area contributed by atoms with Crippen molar-refractivity contribution >= 4 is 33.2 Å². The highest BCUT2D eigenvalue weighted by atomic mass is 35.5. The fourth-order valence-corrected chi connectivity index (χ4v) is 2.85. The zero-order valence-electron chi connectivity index (χ0n) is 10.6. The molecule has 0 aliphatic rings. The predicted octanol–water partition coefficient (Wildman–Crippen LogP) is 1.35. The summed E-state index contributed by atoms with van der Waals surface area (Å²) >= 11 is 5.46.